The Balaban J connectivity index is 2.35. The molecule has 0 atom stereocenters. The van der Waals surface area contributed by atoms with Gasteiger partial charge >= 0.3 is 0 Å². The standard InChI is InChI=1S/C12H9ClN2O3S/c1-19-10-5-3-2-4-9(10)18-12-7-8(15(16)17)6-11(13)14-12/h2-7H,1H3. The molecule has 2 aromatic rings. The van der Waals surface area contributed by atoms with Crippen LogP contribution in [0.4, 0.5) is 5.69 Å². The lowest BCUT2D eigenvalue weighted by molar-refractivity contribution is -0.385. The first-order chi connectivity index (χ1) is 9.10. The van der Waals surface area contributed by atoms with Gasteiger partial charge in [-0.25, -0.2) is 4.98 Å². The molecule has 0 N–H and O–H groups in total. The maximum absolute atomic E-state index is 10.7. The van der Waals surface area contributed by atoms with E-state index in [1.807, 2.05) is 24.5 Å². The summed E-state index contributed by atoms with van der Waals surface area (Å²) >= 11 is 7.24. The molecule has 0 saturated heterocycles. The molecule has 1 heterocycles. The van der Waals surface area contributed by atoms with Gasteiger partial charge in [-0.1, -0.05) is 23.7 Å². The Morgan fingerprint density at radius 3 is 2.79 bits per heavy atom. The summed E-state index contributed by atoms with van der Waals surface area (Å²) in [4.78, 5) is 15.0. The minimum atomic E-state index is -0.541. The second kappa shape index (κ2) is 5.90. The zero-order valence-corrected chi connectivity index (χ0v) is 11.4. The molecule has 1 aromatic carbocycles. The zero-order valence-electron chi connectivity index (χ0n) is 9.87. The number of nitrogens with zero attached hydrogens (tertiary/aromatic N) is 2. The van der Waals surface area contributed by atoms with Crippen LogP contribution >= 0.6 is 23.4 Å². The molecule has 0 aliphatic heterocycles. The quantitative estimate of drug-likeness (QED) is 0.367. The fraction of sp³-hybridized carbons (Fsp3) is 0.0833. The molecular formula is C12H9ClN2O3S. The number of ether oxygens (including phenoxy) is 1. The van der Waals surface area contributed by atoms with Gasteiger partial charge in [-0.15, -0.1) is 11.8 Å². The molecule has 1 aromatic heterocycles. The Morgan fingerprint density at radius 1 is 1.37 bits per heavy atom. The molecule has 2 rings (SSSR count). The maximum Gasteiger partial charge on any atom is 0.277 e. The second-order valence-electron chi connectivity index (χ2n) is 3.50. The van der Waals surface area contributed by atoms with Crippen LogP contribution in [-0.4, -0.2) is 16.2 Å². The van der Waals surface area contributed by atoms with Crippen molar-refractivity contribution in [3.05, 3.63) is 51.7 Å². The van der Waals surface area contributed by atoms with Crippen molar-refractivity contribution in [1.29, 1.82) is 0 Å². The van der Waals surface area contributed by atoms with Crippen LogP contribution in [0.3, 0.4) is 0 Å². The summed E-state index contributed by atoms with van der Waals surface area (Å²) in [5.74, 6) is 0.680. The topological polar surface area (TPSA) is 65.3 Å². The van der Waals surface area contributed by atoms with Crippen molar-refractivity contribution in [2.24, 2.45) is 0 Å². The lowest BCUT2D eigenvalue weighted by Gasteiger charge is -2.08. The van der Waals surface area contributed by atoms with Gasteiger partial charge in [0.1, 0.15) is 10.9 Å². The van der Waals surface area contributed by atoms with E-state index >= 15 is 0 Å². The van der Waals surface area contributed by atoms with Gasteiger partial charge in [0.15, 0.2) is 0 Å². The van der Waals surface area contributed by atoms with Crippen LogP contribution in [0, 0.1) is 10.1 Å². The number of halogens is 1. The van der Waals surface area contributed by atoms with E-state index in [-0.39, 0.29) is 16.7 Å². The fourth-order valence-corrected chi connectivity index (χ4v) is 2.15. The van der Waals surface area contributed by atoms with Crippen LogP contribution in [0.15, 0.2) is 41.3 Å². The van der Waals surface area contributed by atoms with Crippen LogP contribution < -0.4 is 4.74 Å². The Morgan fingerprint density at radius 2 is 2.11 bits per heavy atom. The summed E-state index contributed by atoms with van der Waals surface area (Å²) in [5.41, 5.74) is -0.156. The first kappa shape index (κ1) is 13.6. The zero-order chi connectivity index (χ0) is 13.8. The minimum Gasteiger partial charge on any atom is -0.438 e. The molecule has 0 bridgehead atoms. The van der Waals surface area contributed by atoms with Gasteiger partial charge in [0.2, 0.25) is 5.88 Å². The number of rotatable bonds is 4. The number of benzene rings is 1. The van der Waals surface area contributed by atoms with Gasteiger partial charge in [-0.2, -0.15) is 0 Å². The van der Waals surface area contributed by atoms with Crippen molar-refractivity contribution in [3.8, 4) is 11.6 Å². The average molecular weight is 297 g/mol. The fourth-order valence-electron chi connectivity index (χ4n) is 1.43. The Bertz CT molecular complexity index is 622. The largest absolute Gasteiger partial charge is 0.438 e. The normalized spacial score (nSPS) is 10.2. The van der Waals surface area contributed by atoms with E-state index in [0.717, 1.165) is 4.90 Å². The highest BCUT2D eigenvalue weighted by molar-refractivity contribution is 7.98. The second-order valence-corrected chi connectivity index (χ2v) is 4.73. The van der Waals surface area contributed by atoms with E-state index in [1.54, 1.807) is 6.07 Å². The highest BCUT2D eigenvalue weighted by Gasteiger charge is 2.12. The van der Waals surface area contributed by atoms with Crippen molar-refractivity contribution in [3.63, 3.8) is 0 Å². The van der Waals surface area contributed by atoms with Crippen molar-refractivity contribution >= 4 is 29.1 Å². The molecule has 0 aliphatic rings. The van der Waals surface area contributed by atoms with Crippen molar-refractivity contribution in [2.45, 2.75) is 4.90 Å². The molecule has 0 amide bonds. The van der Waals surface area contributed by atoms with E-state index in [9.17, 15) is 10.1 Å². The highest BCUT2D eigenvalue weighted by Crippen LogP contribution is 2.32. The van der Waals surface area contributed by atoms with E-state index < -0.39 is 4.92 Å². The molecule has 98 valence electrons. The number of hydrogen-bond acceptors (Lipinski definition) is 5. The SMILES string of the molecule is CSc1ccccc1Oc1cc([N+](=O)[O-])cc(Cl)n1. The number of thioether (sulfide) groups is 1. The number of aromatic nitrogens is 1. The third-order valence-electron chi connectivity index (χ3n) is 2.25. The molecule has 0 aliphatic carbocycles. The van der Waals surface area contributed by atoms with E-state index in [1.165, 1.54) is 23.9 Å². The van der Waals surface area contributed by atoms with Crippen LogP contribution in [0.2, 0.25) is 5.15 Å². The van der Waals surface area contributed by atoms with E-state index in [4.69, 9.17) is 16.3 Å². The molecule has 0 fully saturated rings. The van der Waals surface area contributed by atoms with Crippen LogP contribution in [0.1, 0.15) is 0 Å². The van der Waals surface area contributed by atoms with Crippen LogP contribution in [0.5, 0.6) is 11.6 Å². The summed E-state index contributed by atoms with van der Waals surface area (Å²) in [5, 5.41) is 10.8. The molecule has 0 unspecified atom stereocenters. The summed E-state index contributed by atoms with van der Waals surface area (Å²) in [6.07, 6.45) is 1.91. The van der Waals surface area contributed by atoms with Gasteiger partial charge in [0.25, 0.3) is 5.69 Å². The molecular weight excluding hydrogens is 288 g/mol. The Kier molecular flexibility index (Phi) is 4.24. The van der Waals surface area contributed by atoms with Gasteiger partial charge in [-0.3, -0.25) is 10.1 Å². The summed E-state index contributed by atoms with van der Waals surface area (Å²) in [7, 11) is 0. The molecule has 0 saturated carbocycles. The Labute approximate surface area is 118 Å². The Hall–Kier alpha value is -1.79. The molecule has 5 nitrogen and oxygen atoms in total. The smallest absolute Gasteiger partial charge is 0.277 e. The van der Waals surface area contributed by atoms with Crippen LogP contribution in [-0.2, 0) is 0 Å². The molecule has 7 heteroatoms. The number of pyridine rings is 1. The molecule has 0 spiro atoms. The van der Waals surface area contributed by atoms with Crippen molar-refractivity contribution in [1.82, 2.24) is 4.98 Å². The average Bonchev–Trinajstić information content (AvgIpc) is 2.38. The van der Waals surface area contributed by atoms with Gasteiger partial charge in [0.05, 0.1) is 17.1 Å². The van der Waals surface area contributed by atoms with Gasteiger partial charge in [-0.05, 0) is 18.4 Å². The highest BCUT2D eigenvalue weighted by atomic mass is 35.5. The molecule has 19 heavy (non-hydrogen) atoms. The van der Waals surface area contributed by atoms with Gasteiger partial charge < -0.3 is 4.74 Å². The predicted molar refractivity (Wildman–Crippen MR) is 74.2 cm³/mol. The van der Waals surface area contributed by atoms with E-state index in [0.29, 0.717) is 5.75 Å². The third-order valence-corrected chi connectivity index (χ3v) is 3.22. The van der Waals surface area contributed by atoms with Crippen molar-refractivity contribution < 1.29 is 9.66 Å². The van der Waals surface area contributed by atoms with E-state index in [2.05, 4.69) is 4.98 Å². The lowest BCUT2D eigenvalue weighted by atomic mass is 10.3. The summed E-state index contributed by atoms with van der Waals surface area (Å²) in [6, 6.07) is 9.76. The first-order valence-electron chi connectivity index (χ1n) is 5.23. The van der Waals surface area contributed by atoms with Crippen LogP contribution in [0.25, 0.3) is 0 Å². The maximum atomic E-state index is 10.7. The molecule has 0 radical (unpaired) electrons. The minimum absolute atomic E-state index is 0.0193. The lowest BCUT2D eigenvalue weighted by Crippen LogP contribution is -1.93. The summed E-state index contributed by atoms with van der Waals surface area (Å²) < 4.78 is 5.55. The summed E-state index contributed by atoms with van der Waals surface area (Å²) in [6.45, 7) is 0. The third kappa shape index (κ3) is 3.36. The monoisotopic (exact) mass is 296 g/mol. The number of para-hydroxylation sites is 1. The number of nitro groups is 1. The predicted octanol–water partition coefficient (Wildman–Crippen LogP) is 4.16. The van der Waals surface area contributed by atoms with Gasteiger partial charge in [0, 0.05) is 4.90 Å². The van der Waals surface area contributed by atoms with Crippen molar-refractivity contribution in [2.75, 3.05) is 6.26 Å². The first-order valence-corrected chi connectivity index (χ1v) is 6.83. The number of hydrogen-bond donors (Lipinski definition) is 0.